The Morgan fingerprint density at radius 2 is 2.06 bits per heavy atom. The molecule has 0 aliphatic heterocycles. The highest BCUT2D eigenvalue weighted by atomic mass is 35.5. The lowest BCUT2D eigenvalue weighted by Crippen LogP contribution is -2.13. The van der Waals surface area contributed by atoms with Crippen molar-refractivity contribution in [3.8, 4) is 0 Å². The van der Waals surface area contributed by atoms with E-state index in [9.17, 15) is 4.79 Å². The van der Waals surface area contributed by atoms with Crippen molar-refractivity contribution in [2.24, 2.45) is 0 Å². The molecule has 0 aliphatic carbocycles. The summed E-state index contributed by atoms with van der Waals surface area (Å²) in [5.74, 6) is 0.0576. The van der Waals surface area contributed by atoms with Gasteiger partial charge in [0.15, 0.2) is 5.76 Å². The zero-order chi connectivity index (χ0) is 12.4. The van der Waals surface area contributed by atoms with E-state index >= 15 is 0 Å². The Kier molecular flexibility index (Phi) is 3.20. The van der Waals surface area contributed by atoms with E-state index in [1.807, 2.05) is 13.8 Å². The fourth-order valence-electron chi connectivity index (χ4n) is 1.53. The average molecular weight is 250 g/mol. The quantitative estimate of drug-likeness (QED) is 0.880. The zero-order valence-electron chi connectivity index (χ0n) is 9.58. The first-order valence-corrected chi connectivity index (χ1v) is 5.58. The Morgan fingerprint density at radius 1 is 1.29 bits per heavy atom. The third kappa shape index (κ3) is 2.34. The second-order valence-electron chi connectivity index (χ2n) is 3.80. The van der Waals surface area contributed by atoms with Crippen molar-refractivity contribution in [3.05, 3.63) is 52.4 Å². The predicted octanol–water partition coefficient (Wildman–Crippen LogP) is 3.80. The topological polar surface area (TPSA) is 42.2 Å². The van der Waals surface area contributed by atoms with Crippen LogP contribution in [0.1, 0.15) is 21.7 Å². The van der Waals surface area contributed by atoms with Crippen molar-refractivity contribution in [2.75, 3.05) is 5.32 Å². The van der Waals surface area contributed by atoms with E-state index in [4.69, 9.17) is 16.0 Å². The van der Waals surface area contributed by atoms with Crippen LogP contribution in [0.3, 0.4) is 0 Å². The fourth-order valence-corrected chi connectivity index (χ4v) is 1.70. The van der Waals surface area contributed by atoms with Crippen molar-refractivity contribution >= 4 is 23.2 Å². The number of anilines is 1. The number of hydrogen-bond acceptors (Lipinski definition) is 2. The molecule has 1 N–H and O–H groups in total. The lowest BCUT2D eigenvalue weighted by molar-refractivity contribution is 0.0996. The van der Waals surface area contributed by atoms with Gasteiger partial charge in [0.1, 0.15) is 0 Å². The minimum Gasteiger partial charge on any atom is -0.459 e. The van der Waals surface area contributed by atoms with Crippen LogP contribution in [0.4, 0.5) is 5.69 Å². The molecule has 2 aromatic rings. The molecule has 1 aromatic heterocycles. The predicted molar refractivity (Wildman–Crippen MR) is 67.6 cm³/mol. The summed E-state index contributed by atoms with van der Waals surface area (Å²) >= 11 is 5.98. The molecule has 3 nitrogen and oxygen atoms in total. The van der Waals surface area contributed by atoms with Gasteiger partial charge in [-0.15, -0.1) is 0 Å². The van der Waals surface area contributed by atoms with Crippen LogP contribution in [0.2, 0.25) is 5.02 Å². The average Bonchev–Trinajstić information content (AvgIpc) is 2.71. The molecule has 4 heteroatoms. The molecule has 0 spiro atoms. The summed E-state index contributed by atoms with van der Waals surface area (Å²) in [4.78, 5) is 11.9. The molecule has 1 heterocycles. The normalized spacial score (nSPS) is 10.3. The summed E-state index contributed by atoms with van der Waals surface area (Å²) in [6.07, 6.45) is 1.50. The van der Waals surface area contributed by atoms with Gasteiger partial charge in [-0.2, -0.15) is 0 Å². The number of hydrogen-bond donors (Lipinski definition) is 1. The van der Waals surface area contributed by atoms with Gasteiger partial charge in [0.05, 0.1) is 6.26 Å². The van der Waals surface area contributed by atoms with Crippen molar-refractivity contribution < 1.29 is 9.21 Å². The molecule has 2 rings (SSSR count). The Balaban J connectivity index is 2.25. The second-order valence-corrected chi connectivity index (χ2v) is 4.21. The molecule has 0 fully saturated rings. The highest BCUT2D eigenvalue weighted by Crippen LogP contribution is 2.23. The Morgan fingerprint density at radius 3 is 2.71 bits per heavy atom. The van der Waals surface area contributed by atoms with Crippen LogP contribution in [0.5, 0.6) is 0 Å². The van der Waals surface area contributed by atoms with Gasteiger partial charge in [-0.05, 0) is 37.6 Å². The molecule has 0 radical (unpaired) electrons. The number of nitrogens with one attached hydrogen (secondary N) is 1. The van der Waals surface area contributed by atoms with Crippen molar-refractivity contribution in [1.82, 2.24) is 0 Å². The molecule has 0 unspecified atom stereocenters. The summed E-state index contributed by atoms with van der Waals surface area (Å²) in [6.45, 7) is 3.68. The highest BCUT2D eigenvalue weighted by Gasteiger charge is 2.14. The number of furan rings is 1. The molecule has 0 aliphatic rings. The van der Waals surface area contributed by atoms with Crippen molar-refractivity contribution in [1.29, 1.82) is 0 Å². The van der Waals surface area contributed by atoms with E-state index < -0.39 is 0 Å². The maximum Gasteiger partial charge on any atom is 0.291 e. The first-order valence-electron chi connectivity index (χ1n) is 5.20. The van der Waals surface area contributed by atoms with Gasteiger partial charge < -0.3 is 9.73 Å². The molecule has 88 valence electrons. The second kappa shape index (κ2) is 4.63. The minimum atomic E-state index is -0.266. The largest absolute Gasteiger partial charge is 0.459 e. The summed E-state index contributed by atoms with van der Waals surface area (Å²) in [5.41, 5.74) is 2.34. The van der Waals surface area contributed by atoms with E-state index in [-0.39, 0.29) is 5.91 Å². The van der Waals surface area contributed by atoms with Gasteiger partial charge in [-0.3, -0.25) is 4.79 Å². The van der Waals surface area contributed by atoms with Gasteiger partial charge in [0.2, 0.25) is 0 Å². The fraction of sp³-hybridized carbons (Fsp3) is 0.154. The van der Waals surface area contributed by atoms with Crippen LogP contribution in [-0.2, 0) is 0 Å². The smallest absolute Gasteiger partial charge is 0.291 e. The number of amides is 1. The molecular weight excluding hydrogens is 238 g/mol. The Hall–Kier alpha value is -1.74. The van der Waals surface area contributed by atoms with Gasteiger partial charge >= 0.3 is 0 Å². The number of carbonyl (C=O) groups excluding carboxylic acids is 1. The van der Waals surface area contributed by atoms with Crippen LogP contribution in [-0.4, -0.2) is 5.91 Å². The van der Waals surface area contributed by atoms with Crippen LogP contribution >= 0.6 is 11.6 Å². The molecule has 1 amide bonds. The van der Waals surface area contributed by atoms with E-state index in [1.165, 1.54) is 6.26 Å². The molecule has 0 saturated carbocycles. The van der Waals surface area contributed by atoms with Crippen LogP contribution in [0.25, 0.3) is 0 Å². The lowest BCUT2D eigenvalue weighted by atomic mass is 10.2. The third-order valence-corrected chi connectivity index (χ3v) is 2.99. The lowest BCUT2D eigenvalue weighted by Gasteiger charge is -2.08. The molecular formula is C13H12ClNO2. The number of benzene rings is 1. The van der Waals surface area contributed by atoms with Gasteiger partial charge in [0.25, 0.3) is 5.91 Å². The Labute approximate surface area is 104 Å². The number of carbonyl (C=O) groups is 1. The zero-order valence-corrected chi connectivity index (χ0v) is 10.3. The molecule has 0 bridgehead atoms. The summed E-state index contributed by atoms with van der Waals surface area (Å²) in [5, 5.41) is 3.40. The maximum absolute atomic E-state index is 11.9. The molecule has 17 heavy (non-hydrogen) atoms. The van der Waals surface area contributed by atoms with Crippen molar-refractivity contribution in [2.45, 2.75) is 13.8 Å². The van der Waals surface area contributed by atoms with E-state index in [2.05, 4.69) is 5.32 Å². The highest BCUT2D eigenvalue weighted by molar-refractivity contribution is 6.31. The van der Waals surface area contributed by atoms with E-state index in [0.717, 1.165) is 11.1 Å². The van der Waals surface area contributed by atoms with Gasteiger partial charge in [-0.25, -0.2) is 0 Å². The number of aryl methyl sites for hydroxylation is 1. The standard InChI is InChI=1S/C13H12ClNO2/c1-8-6-7-17-12(8)13(16)15-11-5-3-4-10(14)9(11)2/h3-7H,1-2H3,(H,15,16). The first-order chi connectivity index (χ1) is 8.09. The maximum atomic E-state index is 11.9. The van der Waals surface area contributed by atoms with E-state index in [0.29, 0.717) is 16.5 Å². The van der Waals surface area contributed by atoms with Crippen LogP contribution in [0.15, 0.2) is 34.9 Å². The SMILES string of the molecule is Cc1ccoc1C(=O)Nc1cccc(Cl)c1C. The van der Waals surface area contributed by atoms with Crippen LogP contribution < -0.4 is 5.32 Å². The summed E-state index contributed by atoms with van der Waals surface area (Å²) < 4.78 is 5.12. The van der Waals surface area contributed by atoms with E-state index in [1.54, 1.807) is 24.3 Å². The summed E-state index contributed by atoms with van der Waals surface area (Å²) in [6, 6.07) is 7.13. The van der Waals surface area contributed by atoms with Crippen molar-refractivity contribution in [3.63, 3.8) is 0 Å². The molecule has 0 saturated heterocycles. The number of halogens is 1. The van der Waals surface area contributed by atoms with Crippen LogP contribution in [0, 0.1) is 13.8 Å². The summed E-state index contributed by atoms with van der Waals surface area (Å²) in [7, 11) is 0. The first kappa shape index (κ1) is 11.7. The molecule has 0 atom stereocenters. The third-order valence-electron chi connectivity index (χ3n) is 2.58. The van der Waals surface area contributed by atoms with Gasteiger partial charge in [0, 0.05) is 16.3 Å². The Bertz CT molecular complexity index is 560. The van der Waals surface area contributed by atoms with Gasteiger partial charge in [-0.1, -0.05) is 17.7 Å². The monoisotopic (exact) mass is 249 g/mol. The molecule has 1 aromatic carbocycles. The number of rotatable bonds is 2. The minimum absolute atomic E-state index is 0.266.